The van der Waals surface area contributed by atoms with Crippen LogP contribution in [0.15, 0.2) is 28.7 Å². The van der Waals surface area contributed by atoms with E-state index in [2.05, 4.69) is 15.5 Å². The van der Waals surface area contributed by atoms with Crippen LogP contribution in [0, 0.1) is 0 Å². The Hall–Kier alpha value is -1.92. The Bertz CT molecular complexity index is 525. The first-order valence-electron chi connectivity index (χ1n) is 6.25. The molecule has 2 rings (SSSR count). The van der Waals surface area contributed by atoms with Gasteiger partial charge in [0, 0.05) is 12.3 Å². The van der Waals surface area contributed by atoms with E-state index in [1.165, 1.54) is 0 Å². The smallest absolute Gasteiger partial charge is 0.320 e. The topological polar surface area (TPSA) is 97.2 Å². The van der Waals surface area contributed by atoms with Crippen LogP contribution in [-0.2, 0) is 6.42 Å². The van der Waals surface area contributed by atoms with E-state index >= 15 is 0 Å². The van der Waals surface area contributed by atoms with Gasteiger partial charge in [-0.2, -0.15) is 0 Å². The summed E-state index contributed by atoms with van der Waals surface area (Å²) in [5.41, 5.74) is 7.67. The van der Waals surface area contributed by atoms with Crippen LogP contribution in [0.4, 0.5) is 11.7 Å². The fourth-order valence-electron chi connectivity index (χ4n) is 1.68. The van der Waals surface area contributed by atoms with Gasteiger partial charge in [-0.3, -0.25) is 0 Å². The zero-order valence-electron chi connectivity index (χ0n) is 10.8. The van der Waals surface area contributed by atoms with Gasteiger partial charge in [-0.05, 0) is 37.5 Å². The van der Waals surface area contributed by atoms with Gasteiger partial charge in [0.2, 0.25) is 5.89 Å². The zero-order valence-corrected chi connectivity index (χ0v) is 10.8. The highest BCUT2D eigenvalue weighted by Gasteiger charge is 2.09. The Morgan fingerprint density at radius 3 is 2.95 bits per heavy atom. The average molecular weight is 262 g/mol. The van der Waals surface area contributed by atoms with Crippen LogP contribution >= 0.6 is 0 Å². The van der Waals surface area contributed by atoms with Crippen LogP contribution in [0.2, 0.25) is 0 Å². The van der Waals surface area contributed by atoms with Crippen molar-refractivity contribution in [1.82, 2.24) is 10.2 Å². The van der Waals surface area contributed by atoms with Gasteiger partial charge in [-0.1, -0.05) is 17.2 Å². The van der Waals surface area contributed by atoms with Crippen LogP contribution < -0.4 is 11.1 Å². The molecule has 1 aromatic heterocycles. The number of nitrogens with two attached hydrogens (primary N) is 1. The Kier molecular flexibility index (Phi) is 4.48. The number of aromatic nitrogens is 2. The summed E-state index contributed by atoms with van der Waals surface area (Å²) in [5, 5.41) is 19.6. The third kappa shape index (κ3) is 3.77. The number of nitrogens with zero attached hydrogens (tertiary/aromatic N) is 2. The minimum atomic E-state index is -0.279. The second-order valence-corrected chi connectivity index (χ2v) is 4.39. The summed E-state index contributed by atoms with van der Waals surface area (Å²) in [7, 11) is 0. The third-order valence-corrected chi connectivity index (χ3v) is 2.63. The van der Waals surface area contributed by atoms with Crippen molar-refractivity contribution >= 4 is 11.7 Å². The maximum Gasteiger partial charge on any atom is 0.320 e. The molecule has 6 nitrogen and oxygen atoms in total. The molecular weight excluding hydrogens is 244 g/mol. The minimum absolute atomic E-state index is 0.194. The molecule has 0 amide bonds. The summed E-state index contributed by atoms with van der Waals surface area (Å²) in [6.07, 6.45) is 1.58. The summed E-state index contributed by atoms with van der Waals surface area (Å²) >= 11 is 0. The molecule has 0 bridgehead atoms. The second-order valence-electron chi connectivity index (χ2n) is 4.39. The number of aryl methyl sites for hydroxylation is 1. The van der Waals surface area contributed by atoms with E-state index in [0.717, 1.165) is 24.1 Å². The van der Waals surface area contributed by atoms with Crippen molar-refractivity contribution < 1.29 is 9.52 Å². The standard InChI is InChI=1S/C13H18N4O2/c1-9(14)12-16-17-13(19-12)15-11-6-2-4-10(8-11)5-3-7-18/h2,4,6,8-9,18H,3,5,7,14H2,1H3,(H,15,17). The lowest BCUT2D eigenvalue weighted by Crippen LogP contribution is -2.04. The Labute approximate surface area is 111 Å². The van der Waals surface area contributed by atoms with Gasteiger partial charge >= 0.3 is 6.01 Å². The van der Waals surface area contributed by atoms with Crippen LogP contribution in [0.5, 0.6) is 0 Å². The maximum atomic E-state index is 8.83. The van der Waals surface area contributed by atoms with Gasteiger partial charge in [0.15, 0.2) is 0 Å². The van der Waals surface area contributed by atoms with Crippen molar-refractivity contribution in [3.05, 3.63) is 35.7 Å². The van der Waals surface area contributed by atoms with E-state index in [4.69, 9.17) is 15.3 Å². The van der Waals surface area contributed by atoms with Crippen molar-refractivity contribution in [3.8, 4) is 0 Å². The Balaban J connectivity index is 2.05. The molecule has 0 aliphatic rings. The monoisotopic (exact) mass is 262 g/mol. The normalized spacial score (nSPS) is 12.4. The number of anilines is 2. The Morgan fingerprint density at radius 2 is 2.26 bits per heavy atom. The lowest BCUT2D eigenvalue weighted by Gasteiger charge is -2.04. The number of rotatable bonds is 6. The summed E-state index contributed by atoms with van der Waals surface area (Å²) in [4.78, 5) is 0. The number of hydrogen-bond acceptors (Lipinski definition) is 6. The zero-order chi connectivity index (χ0) is 13.7. The molecule has 2 aromatic rings. The molecule has 1 unspecified atom stereocenters. The van der Waals surface area contributed by atoms with Gasteiger partial charge in [0.25, 0.3) is 0 Å². The quantitative estimate of drug-likeness (QED) is 0.734. The SMILES string of the molecule is CC(N)c1nnc(Nc2cccc(CCCO)c2)o1. The molecule has 0 spiro atoms. The molecular formula is C13H18N4O2. The van der Waals surface area contributed by atoms with Crippen molar-refractivity contribution in [2.45, 2.75) is 25.8 Å². The number of nitrogens with one attached hydrogen (secondary N) is 1. The first-order chi connectivity index (χ1) is 9.19. The average Bonchev–Trinajstić information content (AvgIpc) is 2.85. The van der Waals surface area contributed by atoms with Crippen molar-refractivity contribution in [1.29, 1.82) is 0 Å². The third-order valence-electron chi connectivity index (χ3n) is 2.63. The molecule has 0 saturated heterocycles. The molecule has 0 aliphatic heterocycles. The molecule has 6 heteroatoms. The lowest BCUT2D eigenvalue weighted by atomic mass is 10.1. The highest BCUT2D eigenvalue weighted by atomic mass is 16.4. The summed E-state index contributed by atoms with van der Waals surface area (Å²) in [6.45, 7) is 1.98. The van der Waals surface area contributed by atoms with Crippen LogP contribution in [0.1, 0.15) is 30.8 Å². The fraction of sp³-hybridized carbons (Fsp3) is 0.385. The summed E-state index contributed by atoms with van der Waals surface area (Å²) in [6, 6.07) is 7.91. The number of aliphatic hydroxyl groups is 1. The molecule has 4 N–H and O–H groups in total. The largest absolute Gasteiger partial charge is 0.406 e. The minimum Gasteiger partial charge on any atom is -0.406 e. The summed E-state index contributed by atoms with van der Waals surface area (Å²) < 4.78 is 5.37. The van der Waals surface area contributed by atoms with Crippen LogP contribution in [0.3, 0.4) is 0 Å². The number of benzene rings is 1. The van der Waals surface area contributed by atoms with Crippen molar-refractivity contribution in [2.75, 3.05) is 11.9 Å². The van der Waals surface area contributed by atoms with E-state index in [-0.39, 0.29) is 12.6 Å². The molecule has 0 saturated carbocycles. The molecule has 0 aliphatic carbocycles. The van der Waals surface area contributed by atoms with E-state index in [9.17, 15) is 0 Å². The first kappa shape index (κ1) is 13.5. The van der Waals surface area contributed by atoms with Gasteiger partial charge in [0.05, 0.1) is 6.04 Å². The van der Waals surface area contributed by atoms with Crippen LogP contribution in [0.25, 0.3) is 0 Å². The molecule has 102 valence electrons. The predicted octanol–water partition coefficient (Wildman–Crippen LogP) is 1.76. The highest BCUT2D eigenvalue weighted by molar-refractivity contribution is 5.53. The van der Waals surface area contributed by atoms with E-state index in [0.29, 0.717) is 11.9 Å². The summed E-state index contributed by atoms with van der Waals surface area (Å²) in [5.74, 6) is 0.402. The van der Waals surface area contributed by atoms with Crippen molar-refractivity contribution in [2.24, 2.45) is 5.73 Å². The predicted molar refractivity (Wildman–Crippen MR) is 72.0 cm³/mol. The van der Waals surface area contributed by atoms with Gasteiger partial charge in [-0.15, -0.1) is 5.10 Å². The maximum absolute atomic E-state index is 8.83. The molecule has 0 fully saturated rings. The Morgan fingerprint density at radius 1 is 1.42 bits per heavy atom. The molecule has 0 radical (unpaired) electrons. The first-order valence-corrected chi connectivity index (χ1v) is 6.25. The van der Waals surface area contributed by atoms with E-state index in [1.54, 1.807) is 6.92 Å². The highest BCUT2D eigenvalue weighted by Crippen LogP contribution is 2.18. The molecule has 19 heavy (non-hydrogen) atoms. The van der Waals surface area contributed by atoms with E-state index < -0.39 is 0 Å². The molecule has 1 aromatic carbocycles. The lowest BCUT2D eigenvalue weighted by molar-refractivity contribution is 0.288. The second kappa shape index (κ2) is 6.31. The molecule has 1 heterocycles. The van der Waals surface area contributed by atoms with Crippen molar-refractivity contribution in [3.63, 3.8) is 0 Å². The van der Waals surface area contributed by atoms with Gasteiger partial charge < -0.3 is 20.6 Å². The van der Waals surface area contributed by atoms with Crippen LogP contribution in [-0.4, -0.2) is 21.9 Å². The number of aliphatic hydroxyl groups excluding tert-OH is 1. The van der Waals surface area contributed by atoms with E-state index in [1.807, 2.05) is 24.3 Å². The number of hydrogen-bond donors (Lipinski definition) is 3. The van der Waals surface area contributed by atoms with Gasteiger partial charge in [0.1, 0.15) is 0 Å². The van der Waals surface area contributed by atoms with Gasteiger partial charge in [-0.25, -0.2) is 0 Å². The molecule has 1 atom stereocenters. The fourth-order valence-corrected chi connectivity index (χ4v) is 1.68.